The molecule has 0 fully saturated rings. The van der Waals surface area contributed by atoms with Crippen LogP contribution >= 0.6 is 0 Å². The molecular weight excluding hydrogens is 230 g/mol. The molecule has 1 aromatic rings. The Labute approximate surface area is 105 Å². The number of methoxy groups -OCH3 is 1. The minimum Gasteiger partial charge on any atom is -0.493 e. The van der Waals surface area contributed by atoms with E-state index in [1.165, 1.54) is 0 Å². The zero-order valence-corrected chi connectivity index (χ0v) is 12.3. The molecule has 0 atom stereocenters. The van der Waals surface area contributed by atoms with Gasteiger partial charge in [0.15, 0.2) is 19.7 Å². The Morgan fingerprint density at radius 3 is 2.47 bits per heavy atom. The van der Waals surface area contributed by atoms with Gasteiger partial charge in [0.25, 0.3) is 0 Å². The van der Waals surface area contributed by atoms with Crippen LogP contribution in [0.15, 0.2) is 22.9 Å². The predicted molar refractivity (Wildman–Crippen MR) is 75.1 cm³/mol. The summed E-state index contributed by atoms with van der Waals surface area (Å²) in [7, 11) is 0.246. The molecule has 0 bridgehead atoms. The summed E-state index contributed by atoms with van der Waals surface area (Å²) in [4.78, 5) is 0. The highest BCUT2D eigenvalue weighted by molar-refractivity contribution is 6.75. The number of ether oxygens (including phenoxy) is 2. The van der Waals surface area contributed by atoms with Crippen molar-refractivity contribution in [2.45, 2.75) is 26.6 Å². The van der Waals surface area contributed by atoms with Gasteiger partial charge in [-0.1, -0.05) is 0 Å². The number of benzene rings is 1. The minimum atomic E-state index is -1.40. The molecule has 0 radical (unpaired) electrons. The molecule has 0 saturated heterocycles. The Hall–Kier alpha value is -1.29. The van der Waals surface area contributed by atoms with Gasteiger partial charge in [-0.15, -0.1) is 0 Å². The van der Waals surface area contributed by atoms with E-state index in [2.05, 4.69) is 24.3 Å². The lowest BCUT2D eigenvalue weighted by molar-refractivity contribution is 0.311. The van der Waals surface area contributed by atoms with E-state index in [1.54, 1.807) is 7.11 Å². The number of rotatable bonds is 5. The number of hydrogen-bond donors (Lipinski definition) is 0. The second-order valence-corrected chi connectivity index (χ2v) is 9.37. The van der Waals surface area contributed by atoms with Crippen LogP contribution in [0.1, 0.15) is 12.5 Å². The van der Waals surface area contributed by atoms with Crippen molar-refractivity contribution in [3.8, 4) is 11.5 Å². The van der Waals surface area contributed by atoms with Crippen LogP contribution in [0.2, 0.25) is 19.6 Å². The fraction of sp³-hybridized carbons (Fsp3) is 0.462. The van der Waals surface area contributed by atoms with Crippen LogP contribution in [0.4, 0.5) is 0 Å². The summed E-state index contributed by atoms with van der Waals surface area (Å²) in [5, 5.41) is 0. The lowest BCUT2D eigenvalue weighted by Crippen LogP contribution is -2.16. The first-order valence-corrected chi connectivity index (χ1v) is 9.27. The molecule has 1 rings (SSSR count). The van der Waals surface area contributed by atoms with Crippen LogP contribution in [-0.4, -0.2) is 28.2 Å². The lowest BCUT2D eigenvalue weighted by Gasteiger charge is -2.11. The zero-order valence-electron chi connectivity index (χ0n) is 11.3. The molecule has 0 unspecified atom stereocenters. The summed E-state index contributed by atoms with van der Waals surface area (Å²) in [6, 6.07) is 5.87. The highest BCUT2D eigenvalue weighted by atomic mass is 28.3. The molecule has 94 valence electrons. The third-order valence-corrected chi connectivity index (χ3v) is 2.99. The van der Waals surface area contributed by atoms with Crippen molar-refractivity contribution in [1.29, 1.82) is 0 Å². The maximum Gasteiger partial charge on any atom is 0.172 e. The molecule has 1 aromatic carbocycles. The van der Waals surface area contributed by atoms with Gasteiger partial charge in [-0.25, -0.2) is 0 Å². The Kier molecular flexibility index (Phi) is 4.75. The van der Waals surface area contributed by atoms with Gasteiger partial charge in [0.05, 0.1) is 13.7 Å². The summed E-state index contributed by atoms with van der Waals surface area (Å²) in [6.45, 7) is 9.21. The molecule has 3 nitrogen and oxygen atoms in total. The average molecular weight is 251 g/mol. The molecule has 0 aliphatic rings. The Balaban J connectivity index is 2.96. The SMILES string of the molecule is CCOc1cc(/C=N\[Si](C)(C)C)ccc1OC. The summed E-state index contributed by atoms with van der Waals surface area (Å²) >= 11 is 0. The van der Waals surface area contributed by atoms with Gasteiger partial charge < -0.3 is 14.1 Å². The highest BCUT2D eigenvalue weighted by Crippen LogP contribution is 2.27. The van der Waals surface area contributed by atoms with E-state index >= 15 is 0 Å². The molecular formula is C13H21NO2Si. The molecule has 0 N–H and O–H groups in total. The normalized spacial score (nSPS) is 11.8. The van der Waals surface area contributed by atoms with E-state index in [4.69, 9.17) is 9.47 Å². The Morgan fingerprint density at radius 1 is 1.24 bits per heavy atom. The van der Waals surface area contributed by atoms with Crippen LogP contribution in [-0.2, 0) is 0 Å². The summed E-state index contributed by atoms with van der Waals surface area (Å²) in [5.41, 5.74) is 1.05. The van der Waals surface area contributed by atoms with Gasteiger partial charge in [-0.3, -0.25) is 0 Å². The van der Waals surface area contributed by atoms with Crippen molar-refractivity contribution in [2.75, 3.05) is 13.7 Å². The molecule has 0 spiro atoms. The molecule has 0 aliphatic carbocycles. The first kappa shape index (κ1) is 13.8. The van der Waals surface area contributed by atoms with Gasteiger partial charge in [-0.2, -0.15) is 0 Å². The highest BCUT2D eigenvalue weighted by Gasteiger charge is 2.10. The minimum absolute atomic E-state index is 0.630. The fourth-order valence-corrected chi connectivity index (χ4v) is 1.85. The van der Waals surface area contributed by atoms with Gasteiger partial charge in [0, 0.05) is 6.21 Å². The fourth-order valence-electron chi connectivity index (χ4n) is 1.31. The summed E-state index contributed by atoms with van der Waals surface area (Å²) < 4.78 is 15.4. The topological polar surface area (TPSA) is 30.8 Å². The predicted octanol–water partition coefficient (Wildman–Crippen LogP) is 3.35. The number of hydrogen-bond acceptors (Lipinski definition) is 3. The van der Waals surface area contributed by atoms with E-state index in [0.717, 1.165) is 17.1 Å². The van der Waals surface area contributed by atoms with Crippen molar-refractivity contribution < 1.29 is 9.47 Å². The van der Waals surface area contributed by atoms with Crippen LogP contribution in [0.3, 0.4) is 0 Å². The second-order valence-electron chi connectivity index (χ2n) is 4.77. The molecule has 0 saturated carbocycles. The van der Waals surface area contributed by atoms with Crippen LogP contribution < -0.4 is 9.47 Å². The van der Waals surface area contributed by atoms with Crippen LogP contribution in [0.25, 0.3) is 0 Å². The monoisotopic (exact) mass is 251 g/mol. The quantitative estimate of drug-likeness (QED) is 0.593. The molecule has 0 aliphatic heterocycles. The second kappa shape index (κ2) is 5.86. The van der Waals surface area contributed by atoms with E-state index in [-0.39, 0.29) is 0 Å². The van der Waals surface area contributed by atoms with Gasteiger partial charge in [-0.05, 0) is 50.3 Å². The van der Waals surface area contributed by atoms with E-state index in [1.807, 2.05) is 31.3 Å². The van der Waals surface area contributed by atoms with Crippen LogP contribution in [0.5, 0.6) is 11.5 Å². The standard InChI is InChI=1S/C13H21NO2Si/c1-6-16-13-9-11(7-8-12(13)15-2)10-14-17(3,4)5/h7-10H,6H2,1-5H3/b14-10-. The van der Waals surface area contributed by atoms with Crippen molar-refractivity contribution in [3.05, 3.63) is 23.8 Å². The Morgan fingerprint density at radius 2 is 1.94 bits per heavy atom. The third-order valence-electron chi connectivity index (χ3n) is 2.09. The van der Waals surface area contributed by atoms with E-state index in [0.29, 0.717) is 6.61 Å². The van der Waals surface area contributed by atoms with Gasteiger partial charge in [0.2, 0.25) is 0 Å². The lowest BCUT2D eigenvalue weighted by atomic mass is 10.2. The van der Waals surface area contributed by atoms with Crippen LogP contribution in [0, 0.1) is 0 Å². The Bertz CT molecular complexity index is 397. The average Bonchev–Trinajstić information content (AvgIpc) is 2.26. The maximum atomic E-state index is 5.53. The van der Waals surface area contributed by atoms with Crippen molar-refractivity contribution in [3.63, 3.8) is 0 Å². The molecule has 4 heteroatoms. The molecule has 0 heterocycles. The summed E-state index contributed by atoms with van der Waals surface area (Å²) in [6.07, 6.45) is 1.92. The smallest absolute Gasteiger partial charge is 0.172 e. The van der Waals surface area contributed by atoms with Gasteiger partial charge >= 0.3 is 0 Å². The van der Waals surface area contributed by atoms with E-state index < -0.39 is 8.24 Å². The molecule has 17 heavy (non-hydrogen) atoms. The largest absolute Gasteiger partial charge is 0.493 e. The van der Waals surface area contributed by atoms with Crippen molar-refractivity contribution >= 4 is 14.5 Å². The maximum absolute atomic E-state index is 5.53. The molecule has 0 amide bonds. The molecule has 0 aromatic heterocycles. The van der Waals surface area contributed by atoms with Gasteiger partial charge in [0.1, 0.15) is 0 Å². The van der Waals surface area contributed by atoms with E-state index in [9.17, 15) is 0 Å². The summed E-state index contributed by atoms with van der Waals surface area (Å²) in [5.74, 6) is 1.53. The zero-order chi connectivity index (χ0) is 12.9. The first-order valence-electron chi connectivity index (χ1n) is 5.82. The first-order chi connectivity index (χ1) is 7.96. The van der Waals surface area contributed by atoms with Crippen molar-refractivity contribution in [2.24, 2.45) is 4.66 Å². The van der Waals surface area contributed by atoms with Crippen molar-refractivity contribution in [1.82, 2.24) is 0 Å². The number of nitrogens with zero attached hydrogens (tertiary/aromatic N) is 1. The third kappa shape index (κ3) is 4.61.